The second-order valence-electron chi connectivity index (χ2n) is 9.32. The topological polar surface area (TPSA) is 109 Å². The van der Waals surface area contributed by atoms with Crippen LogP contribution in [-0.4, -0.2) is 49.6 Å². The van der Waals surface area contributed by atoms with E-state index in [-0.39, 0.29) is 48.0 Å². The maximum absolute atomic E-state index is 14.1. The molecule has 0 fully saturated rings. The molecule has 11 heteroatoms. The number of benzene rings is 2. The summed E-state index contributed by atoms with van der Waals surface area (Å²) in [6.45, 7) is 4.76. The van der Waals surface area contributed by atoms with Gasteiger partial charge in [-0.1, -0.05) is 23.7 Å². The first-order chi connectivity index (χ1) is 18.6. The number of ketones is 1. The molecule has 2 heterocycles. The van der Waals surface area contributed by atoms with Gasteiger partial charge in [0.2, 0.25) is 11.8 Å². The summed E-state index contributed by atoms with van der Waals surface area (Å²) in [5.74, 6) is -1.46. The maximum Gasteiger partial charge on any atom is 0.243 e. The minimum atomic E-state index is -0.590. The van der Waals surface area contributed by atoms with Crippen LogP contribution in [0.3, 0.4) is 0 Å². The lowest BCUT2D eigenvalue weighted by atomic mass is 10.1. The quantitative estimate of drug-likeness (QED) is 0.276. The average molecular weight is 551 g/mol. The number of halogens is 2. The van der Waals surface area contributed by atoms with E-state index in [1.54, 1.807) is 29.2 Å². The highest BCUT2D eigenvalue weighted by Gasteiger charge is 2.22. The van der Waals surface area contributed by atoms with Crippen LogP contribution >= 0.6 is 11.6 Å². The molecule has 0 aliphatic carbocycles. The molecule has 0 radical (unpaired) electrons. The first kappa shape index (κ1) is 27.7. The molecule has 39 heavy (non-hydrogen) atoms. The fourth-order valence-electron chi connectivity index (χ4n) is 4.20. The summed E-state index contributed by atoms with van der Waals surface area (Å²) in [4.78, 5) is 47.8. The highest BCUT2D eigenvalue weighted by atomic mass is 35.5. The largest absolute Gasteiger partial charge is 0.353 e. The minimum absolute atomic E-state index is 0.0263. The summed E-state index contributed by atoms with van der Waals surface area (Å²) in [6.07, 6.45) is 6.35. The van der Waals surface area contributed by atoms with E-state index in [9.17, 15) is 18.8 Å². The van der Waals surface area contributed by atoms with Crippen LogP contribution in [-0.2, 0) is 22.7 Å². The predicted octanol–water partition coefficient (Wildman–Crippen LogP) is 4.72. The van der Waals surface area contributed by atoms with Gasteiger partial charge >= 0.3 is 0 Å². The molecule has 2 N–H and O–H groups in total. The van der Waals surface area contributed by atoms with Gasteiger partial charge in [-0.05, 0) is 45.0 Å². The molecule has 0 atom stereocenters. The molecular formula is C28H28ClFN6O3. The molecule has 0 bridgehead atoms. The van der Waals surface area contributed by atoms with Gasteiger partial charge in [-0.15, -0.1) is 0 Å². The van der Waals surface area contributed by atoms with Crippen LogP contribution in [0.1, 0.15) is 36.7 Å². The minimum Gasteiger partial charge on any atom is -0.353 e. The van der Waals surface area contributed by atoms with E-state index >= 15 is 0 Å². The summed E-state index contributed by atoms with van der Waals surface area (Å²) < 4.78 is 15.9. The number of rotatable bonds is 10. The van der Waals surface area contributed by atoms with E-state index in [0.717, 1.165) is 5.69 Å². The SMILES string of the molecule is CC(=O)c1cn(CC(=O)N(CC(=O)NCc2cccc(Cl)c2F)C(C)C)c2ccc(Nc3cncnc3)cc12. The van der Waals surface area contributed by atoms with E-state index in [1.165, 1.54) is 30.3 Å². The van der Waals surface area contributed by atoms with Crippen molar-refractivity contribution in [3.8, 4) is 0 Å². The first-order valence-corrected chi connectivity index (χ1v) is 12.7. The number of hydrogen-bond donors (Lipinski definition) is 2. The Labute approximate surface area is 230 Å². The van der Waals surface area contributed by atoms with Crippen molar-refractivity contribution < 1.29 is 18.8 Å². The van der Waals surface area contributed by atoms with E-state index in [1.807, 2.05) is 32.0 Å². The predicted molar refractivity (Wildman–Crippen MR) is 147 cm³/mol. The highest BCUT2D eigenvalue weighted by Crippen LogP contribution is 2.27. The molecule has 2 amide bonds. The molecule has 0 saturated heterocycles. The summed E-state index contributed by atoms with van der Waals surface area (Å²) in [7, 11) is 0. The van der Waals surface area contributed by atoms with Crippen LogP contribution in [0.4, 0.5) is 15.8 Å². The fourth-order valence-corrected chi connectivity index (χ4v) is 4.40. The lowest BCUT2D eigenvalue weighted by Gasteiger charge is -2.26. The number of aromatic nitrogens is 3. The van der Waals surface area contributed by atoms with E-state index in [2.05, 4.69) is 20.6 Å². The van der Waals surface area contributed by atoms with Crippen molar-refractivity contribution in [1.29, 1.82) is 0 Å². The Balaban J connectivity index is 1.50. The first-order valence-electron chi connectivity index (χ1n) is 12.3. The summed E-state index contributed by atoms with van der Waals surface area (Å²) in [5, 5.41) is 6.51. The third-order valence-corrected chi connectivity index (χ3v) is 6.47. The van der Waals surface area contributed by atoms with Crippen molar-refractivity contribution in [2.24, 2.45) is 0 Å². The second-order valence-corrected chi connectivity index (χ2v) is 9.72. The van der Waals surface area contributed by atoms with Crippen molar-refractivity contribution >= 4 is 51.5 Å². The number of amides is 2. The number of Topliss-reactive ketones (excluding diaryl/α,β-unsaturated/α-hetero) is 1. The Hall–Kier alpha value is -4.31. The number of hydrogen-bond acceptors (Lipinski definition) is 6. The molecule has 2 aromatic heterocycles. The van der Waals surface area contributed by atoms with Gasteiger partial charge in [0, 0.05) is 46.5 Å². The fraction of sp³-hybridized carbons (Fsp3) is 0.250. The normalized spacial score (nSPS) is 11.0. The zero-order valence-electron chi connectivity index (χ0n) is 21.7. The van der Waals surface area contributed by atoms with Gasteiger partial charge in [0.05, 0.1) is 29.6 Å². The summed E-state index contributed by atoms with van der Waals surface area (Å²) in [6, 6.07) is 9.79. The van der Waals surface area contributed by atoms with Gasteiger partial charge in [0.15, 0.2) is 5.78 Å². The third kappa shape index (κ3) is 6.58. The molecule has 0 saturated carbocycles. The number of carbonyl (C=O) groups excluding carboxylic acids is 3. The van der Waals surface area contributed by atoms with Crippen LogP contribution < -0.4 is 10.6 Å². The molecule has 0 aliphatic heterocycles. The molecule has 0 aliphatic rings. The van der Waals surface area contributed by atoms with Crippen LogP contribution in [0.15, 0.2) is 61.3 Å². The summed E-state index contributed by atoms with van der Waals surface area (Å²) in [5.41, 5.74) is 2.86. The monoisotopic (exact) mass is 550 g/mol. The molecule has 0 unspecified atom stereocenters. The number of nitrogens with one attached hydrogen (secondary N) is 2. The Kier molecular flexibility index (Phi) is 8.55. The number of nitrogens with zero attached hydrogens (tertiary/aromatic N) is 4. The maximum atomic E-state index is 14.1. The Morgan fingerprint density at radius 2 is 1.85 bits per heavy atom. The Morgan fingerprint density at radius 1 is 1.10 bits per heavy atom. The molecular weight excluding hydrogens is 523 g/mol. The molecule has 4 aromatic rings. The van der Waals surface area contributed by atoms with Crippen molar-refractivity contribution in [3.05, 3.63) is 83.3 Å². The van der Waals surface area contributed by atoms with Gasteiger partial charge in [-0.2, -0.15) is 0 Å². The van der Waals surface area contributed by atoms with Crippen LogP contribution in [0.2, 0.25) is 5.02 Å². The van der Waals surface area contributed by atoms with Crippen LogP contribution in [0.25, 0.3) is 10.9 Å². The molecule has 202 valence electrons. The average Bonchev–Trinajstić information content (AvgIpc) is 3.26. The molecule has 0 spiro atoms. The molecule has 4 rings (SSSR count). The zero-order chi connectivity index (χ0) is 28.1. The Morgan fingerprint density at radius 3 is 2.54 bits per heavy atom. The van der Waals surface area contributed by atoms with Gasteiger partial charge in [0.25, 0.3) is 0 Å². The number of anilines is 2. The molecule has 2 aromatic carbocycles. The third-order valence-electron chi connectivity index (χ3n) is 6.18. The number of carbonyl (C=O) groups is 3. The second kappa shape index (κ2) is 12.0. The standard InChI is InChI=1S/C28H28ClFN6O3/c1-17(2)36(14-26(38)33-10-19-5-4-6-24(29)28(19)30)27(39)15-35-13-23(18(3)37)22-9-20(7-8-25(22)35)34-21-11-31-16-32-12-21/h4-9,11-13,16-17,34H,10,14-15H2,1-3H3,(H,33,38). The van der Waals surface area contributed by atoms with Crippen LogP contribution in [0.5, 0.6) is 0 Å². The smallest absolute Gasteiger partial charge is 0.243 e. The lowest BCUT2D eigenvalue weighted by Crippen LogP contribution is -2.45. The van der Waals surface area contributed by atoms with Gasteiger partial charge in [-0.25, -0.2) is 14.4 Å². The van der Waals surface area contributed by atoms with Crippen molar-refractivity contribution in [2.45, 2.75) is 39.9 Å². The van der Waals surface area contributed by atoms with Gasteiger partial charge in [0.1, 0.15) is 18.7 Å². The van der Waals surface area contributed by atoms with Crippen molar-refractivity contribution in [1.82, 2.24) is 24.8 Å². The lowest BCUT2D eigenvalue weighted by molar-refractivity contribution is -0.138. The van der Waals surface area contributed by atoms with Crippen molar-refractivity contribution in [2.75, 3.05) is 11.9 Å². The van der Waals surface area contributed by atoms with Gasteiger partial charge < -0.3 is 20.1 Å². The van der Waals surface area contributed by atoms with Crippen LogP contribution in [0, 0.1) is 5.82 Å². The Bertz CT molecular complexity index is 1520. The van der Waals surface area contributed by atoms with Gasteiger partial charge in [-0.3, -0.25) is 14.4 Å². The molecule has 9 nitrogen and oxygen atoms in total. The zero-order valence-corrected chi connectivity index (χ0v) is 22.5. The summed E-state index contributed by atoms with van der Waals surface area (Å²) >= 11 is 5.81. The van der Waals surface area contributed by atoms with E-state index in [4.69, 9.17) is 11.6 Å². The van der Waals surface area contributed by atoms with Crippen molar-refractivity contribution in [3.63, 3.8) is 0 Å². The van der Waals surface area contributed by atoms with E-state index < -0.39 is 11.7 Å². The van der Waals surface area contributed by atoms with E-state index in [0.29, 0.717) is 22.2 Å². The number of fused-ring (bicyclic) bond motifs is 1. The highest BCUT2D eigenvalue weighted by molar-refractivity contribution is 6.30.